The molecule has 1 heterocycles. The number of piperazine rings is 1. The van der Waals surface area contributed by atoms with Crippen molar-refractivity contribution in [2.75, 3.05) is 25.0 Å². The lowest BCUT2D eigenvalue weighted by molar-refractivity contribution is -0.126. The predicted octanol–water partition coefficient (Wildman–Crippen LogP) is 4.20. The largest absolute Gasteiger partial charge is 0.351 e. The van der Waals surface area contributed by atoms with Gasteiger partial charge in [0.1, 0.15) is 11.9 Å². The zero-order chi connectivity index (χ0) is 27.4. The van der Waals surface area contributed by atoms with Gasteiger partial charge in [0.2, 0.25) is 15.9 Å². The molecule has 1 fully saturated rings. The number of hydrogen-bond donors (Lipinski definition) is 2. The van der Waals surface area contributed by atoms with Crippen LogP contribution in [0.15, 0.2) is 102 Å². The maximum atomic E-state index is 14.0. The van der Waals surface area contributed by atoms with E-state index in [4.69, 9.17) is 0 Å². The van der Waals surface area contributed by atoms with E-state index >= 15 is 0 Å². The first-order valence-corrected chi connectivity index (χ1v) is 13.9. The second kappa shape index (κ2) is 11.2. The molecule has 0 spiro atoms. The number of hydrogen-bond acceptors (Lipinski definition) is 4. The highest BCUT2D eigenvalue weighted by Crippen LogP contribution is 2.28. The van der Waals surface area contributed by atoms with Gasteiger partial charge in [-0.05, 0) is 41.3 Å². The topological polar surface area (TPSA) is 98.8 Å². The van der Waals surface area contributed by atoms with Crippen molar-refractivity contribution in [3.8, 4) is 0 Å². The average Bonchev–Trinajstić information content (AvgIpc) is 2.97. The Morgan fingerprint density at radius 1 is 0.846 bits per heavy atom. The van der Waals surface area contributed by atoms with E-state index in [1.54, 1.807) is 18.2 Å². The van der Waals surface area contributed by atoms with E-state index < -0.39 is 33.8 Å². The number of halogens is 1. The second-order valence-electron chi connectivity index (χ2n) is 9.20. The van der Waals surface area contributed by atoms with Crippen LogP contribution in [0, 0.1) is 5.82 Å². The van der Waals surface area contributed by atoms with Crippen LogP contribution in [0.4, 0.5) is 14.9 Å². The van der Waals surface area contributed by atoms with Crippen molar-refractivity contribution in [2.45, 2.75) is 17.5 Å². The smallest absolute Gasteiger partial charge is 0.321 e. The average molecular weight is 547 g/mol. The van der Waals surface area contributed by atoms with Gasteiger partial charge in [-0.1, -0.05) is 66.7 Å². The van der Waals surface area contributed by atoms with Crippen LogP contribution < -0.4 is 10.6 Å². The minimum absolute atomic E-state index is 0.0689. The molecule has 4 aromatic carbocycles. The number of carbonyl (C=O) groups is 2. The number of amides is 3. The van der Waals surface area contributed by atoms with Crippen LogP contribution in [0.3, 0.4) is 0 Å². The lowest BCUT2D eigenvalue weighted by Crippen LogP contribution is -2.61. The zero-order valence-electron chi connectivity index (χ0n) is 21.0. The van der Waals surface area contributed by atoms with E-state index in [-0.39, 0.29) is 31.1 Å². The highest BCUT2D eigenvalue weighted by atomic mass is 32.2. The molecule has 0 radical (unpaired) electrons. The number of carbonyl (C=O) groups excluding carboxylic acids is 2. The molecule has 200 valence electrons. The Morgan fingerprint density at radius 3 is 2.31 bits per heavy atom. The van der Waals surface area contributed by atoms with Crippen LogP contribution in [0.25, 0.3) is 10.8 Å². The van der Waals surface area contributed by atoms with Crippen LogP contribution >= 0.6 is 0 Å². The Balaban J connectivity index is 1.42. The van der Waals surface area contributed by atoms with E-state index in [2.05, 4.69) is 10.6 Å². The summed E-state index contributed by atoms with van der Waals surface area (Å²) >= 11 is 0. The van der Waals surface area contributed by atoms with Gasteiger partial charge in [-0.15, -0.1) is 0 Å². The van der Waals surface area contributed by atoms with E-state index in [0.29, 0.717) is 11.1 Å². The molecule has 0 saturated carbocycles. The van der Waals surface area contributed by atoms with E-state index in [1.165, 1.54) is 39.5 Å². The van der Waals surface area contributed by atoms with Gasteiger partial charge < -0.3 is 15.5 Å². The summed E-state index contributed by atoms with van der Waals surface area (Å²) in [4.78, 5) is 28.0. The van der Waals surface area contributed by atoms with Crippen LogP contribution in [-0.4, -0.2) is 55.2 Å². The molecule has 5 rings (SSSR count). The van der Waals surface area contributed by atoms with Gasteiger partial charge in [-0.25, -0.2) is 17.6 Å². The van der Waals surface area contributed by atoms with Gasteiger partial charge in [0.25, 0.3) is 0 Å². The summed E-state index contributed by atoms with van der Waals surface area (Å²) in [7, 11) is -4.11. The van der Waals surface area contributed by atoms with Crippen molar-refractivity contribution in [2.24, 2.45) is 0 Å². The Morgan fingerprint density at radius 2 is 1.54 bits per heavy atom. The molecule has 1 aliphatic rings. The Labute approximate surface area is 226 Å². The SMILES string of the molecule is O=C(NCc1ccccc1)C1CN(C(=O)Nc2ccc(F)cc2)CCN1S(=O)(=O)c1cccc2ccccc12. The number of fused-ring (bicyclic) bond motifs is 1. The Kier molecular flexibility index (Phi) is 7.58. The fourth-order valence-corrected chi connectivity index (χ4v) is 6.42. The van der Waals surface area contributed by atoms with Crippen molar-refractivity contribution in [1.29, 1.82) is 0 Å². The third-order valence-electron chi connectivity index (χ3n) is 6.66. The predicted molar refractivity (Wildman–Crippen MR) is 147 cm³/mol. The van der Waals surface area contributed by atoms with Crippen LogP contribution in [0.5, 0.6) is 0 Å². The third kappa shape index (κ3) is 5.76. The molecule has 4 aromatic rings. The normalized spacial score (nSPS) is 16.1. The highest BCUT2D eigenvalue weighted by molar-refractivity contribution is 7.89. The first-order valence-electron chi connectivity index (χ1n) is 12.5. The molecule has 1 unspecified atom stereocenters. The molecule has 10 heteroatoms. The highest BCUT2D eigenvalue weighted by Gasteiger charge is 2.41. The number of rotatable bonds is 6. The molecule has 0 aromatic heterocycles. The summed E-state index contributed by atoms with van der Waals surface area (Å²) < 4.78 is 42.4. The van der Waals surface area contributed by atoms with E-state index in [9.17, 15) is 22.4 Å². The van der Waals surface area contributed by atoms with Crippen molar-refractivity contribution in [3.63, 3.8) is 0 Å². The number of urea groups is 1. The van der Waals surface area contributed by atoms with Gasteiger partial charge in [-0.3, -0.25) is 4.79 Å². The van der Waals surface area contributed by atoms with Crippen molar-refractivity contribution in [3.05, 3.63) is 108 Å². The first-order chi connectivity index (χ1) is 18.8. The van der Waals surface area contributed by atoms with Gasteiger partial charge in [-0.2, -0.15) is 4.31 Å². The summed E-state index contributed by atoms with van der Waals surface area (Å²) in [6.07, 6.45) is 0. The Hall–Kier alpha value is -4.28. The minimum Gasteiger partial charge on any atom is -0.351 e. The van der Waals surface area contributed by atoms with Crippen molar-refractivity contribution >= 4 is 38.4 Å². The maximum Gasteiger partial charge on any atom is 0.321 e. The van der Waals surface area contributed by atoms with Crippen LogP contribution in [0.1, 0.15) is 5.56 Å². The first kappa shape index (κ1) is 26.3. The maximum absolute atomic E-state index is 14.0. The monoisotopic (exact) mass is 546 g/mol. The molecule has 1 aliphatic heterocycles. The number of nitrogens with one attached hydrogen (secondary N) is 2. The van der Waals surface area contributed by atoms with Gasteiger partial charge >= 0.3 is 6.03 Å². The third-order valence-corrected chi connectivity index (χ3v) is 8.63. The second-order valence-corrected chi connectivity index (χ2v) is 11.1. The Bertz CT molecular complexity index is 1590. The number of benzene rings is 4. The summed E-state index contributed by atoms with van der Waals surface area (Å²) in [5.74, 6) is -0.947. The number of sulfonamides is 1. The molecule has 1 saturated heterocycles. The van der Waals surface area contributed by atoms with Gasteiger partial charge in [0.05, 0.1) is 4.90 Å². The molecule has 8 nitrogen and oxygen atoms in total. The summed E-state index contributed by atoms with van der Waals surface area (Å²) in [6.45, 7) is 0.0447. The number of nitrogens with zero attached hydrogens (tertiary/aromatic N) is 2. The zero-order valence-corrected chi connectivity index (χ0v) is 21.8. The molecule has 1 atom stereocenters. The standard InChI is InChI=1S/C29H27FN4O4S/c30-23-13-15-24(16-14-23)32-29(36)33-17-18-34(26(20-33)28(35)31-19-21-7-2-1-3-8-21)39(37,38)27-12-6-10-22-9-4-5-11-25(22)27/h1-16,26H,17-20H2,(H,31,35)(H,32,36). The fraction of sp³-hybridized carbons (Fsp3) is 0.172. The molecule has 3 amide bonds. The molecule has 0 bridgehead atoms. The molecule has 39 heavy (non-hydrogen) atoms. The molecule has 2 N–H and O–H groups in total. The van der Waals surface area contributed by atoms with Gasteiger partial charge in [0.15, 0.2) is 0 Å². The molecular weight excluding hydrogens is 519 g/mol. The van der Waals surface area contributed by atoms with E-state index in [1.807, 2.05) is 48.5 Å². The van der Waals surface area contributed by atoms with Crippen molar-refractivity contribution < 1.29 is 22.4 Å². The quantitative estimate of drug-likeness (QED) is 0.379. The summed E-state index contributed by atoms with van der Waals surface area (Å²) in [6, 6.07) is 25.1. The molecular formula is C29H27FN4O4S. The van der Waals surface area contributed by atoms with Gasteiger partial charge in [0, 0.05) is 37.3 Å². The molecule has 0 aliphatic carbocycles. The lowest BCUT2D eigenvalue weighted by atomic mass is 10.1. The number of anilines is 1. The van der Waals surface area contributed by atoms with E-state index in [0.717, 1.165) is 10.9 Å². The lowest BCUT2D eigenvalue weighted by Gasteiger charge is -2.39. The van der Waals surface area contributed by atoms with Crippen molar-refractivity contribution in [1.82, 2.24) is 14.5 Å². The minimum atomic E-state index is -4.11. The summed E-state index contributed by atoms with van der Waals surface area (Å²) in [5, 5.41) is 6.84. The van der Waals surface area contributed by atoms with Crippen LogP contribution in [-0.2, 0) is 21.4 Å². The van der Waals surface area contributed by atoms with Crippen LogP contribution in [0.2, 0.25) is 0 Å². The summed E-state index contributed by atoms with van der Waals surface area (Å²) in [5.41, 5.74) is 1.24. The fourth-order valence-electron chi connectivity index (χ4n) is 4.64.